The second-order valence-corrected chi connectivity index (χ2v) is 4.97. The molecule has 0 saturated heterocycles. The number of anilines is 1. The van der Waals surface area contributed by atoms with Crippen molar-refractivity contribution < 1.29 is 17.9 Å². The fourth-order valence-electron chi connectivity index (χ4n) is 1.38. The van der Waals surface area contributed by atoms with Crippen LogP contribution in [0.3, 0.4) is 0 Å². The van der Waals surface area contributed by atoms with Crippen LogP contribution in [-0.4, -0.2) is 22.8 Å². The van der Waals surface area contributed by atoms with Gasteiger partial charge in [-0.05, 0) is 25.1 Å². The van der Waals surface area contributed by atoms with Crippen LogP contribution in [0.2, 0.25) is 0 Å². The third-order valence-electron chi connectivity index (χ3n) is 2.15. The fraction of sp³-hybridized carbons (Fsp3) is 0.273. The van der Waals surface area contributed by atoms with Gasteiger partial charge < -0.3 is 10.1 Å². The number of nitrogens with one attached hydrogen (secondary N) is 1. The number of ether oxygens (including phenoxy) is 1. The number of fused-ring (bicyclic) bond motifs is 1. The number of nitrogens with zero attached hydrogens (tertiary/aromatic N) is 1. The van der Waals surface area contributed by atoms with Gasteiger partial charge in [0, 0.05) is 0 Å². The lowest BCUT2D eigenvalue weighted by Gasteiger charge is -2.07. The van der Waals surface area contributed by atoms with Crippen LogP contribution in [0.25, 0.3) is 10.2 Å². The second-order valence-electron chi connectivity index (χ2n) is 3.53. The van der Waals surface area contributed by atoms with Gasteiger partial charge in [-0.3, -0.25) is 0 Å². The van der Waals surface area contributed by atoms with Crippen LogP contribution in [0.15, 0.2) is 18.2 Å². The molecule has 2 aromatic rings. The Hall–Kier alpha value is -1.41. The highest BCUT2D eigenvalue weighted by Gasteiger charge is 2.34. The zero-order chi connectivity index (χ0) is 14.0. The number of hydrogen-bond acceptors (Lipinski definition) is 4. The van der Waals surface area contributed by atoms with Crippen LogP contribution in [0.1, 0.15) is 6.92 Å². The molecule has 1 aromatic carbocycles. The van der Waals surface area contributed by atoms with Crippen LogP contribution >= 0.6 is 23.6 Å². The number of alkyl halides is 3. The predicted molar refractivity (Wildman–Crippen MR) is 73.1 cm³/mol. The molecule has 1 N–H and O–H groups in total. The summed E-state index contributed by atoms with van der Waals surface area (Å²) in [6.07, 6.45) is -4.55. The highest BCUT2D eigenvalue weighted by atomic mass is 32.1. The van der Waals surface area contributed by atoms with Gasteiger partial charge in [0.2, 0.25) is 0 Å². The van der Waals surface area contributed by atoms with Gasteiger partial charge in [0.15, 0.2) is 10.1 Å². The van der Waals surface area contributed by atoms with Gasteiger partial charge in [0.05, 0.1) is 16.8 Å². The van der Waals surface area contributed by atoms with Crippen LogP contribution in [0.4, 0.5) is 18.3 Å². The molecule has 19 heavy (non-hydrogen) atoms. The number of hydrogen-bond donors (Lipinski definition) is 1. The molecule has 0 aliphatic heterocycles. The first-order valence-corrected chi connectivity index (χ1v) is 6.54. The molecule has 0 bridgehead atoms. The summed E-state index contributed by atoms with van der Waals surface area (Å²) in [6.45, 7) is 2.37. The Morgan fingerprint density at radius 1 is 1.47 bits per heavy atom. The lowest BCUT2D eigenvalue weighted by Crippen LogP contribution is -2.27. The molecule has 0 atom stereocenters. The maximum atomic E-state index is 12.3. The molecule has 2 rings (SSSR count). The predicted octanol–water partition coefficient (Wildman–Crippen LogP) is 4.00. The van der Waals surface area contributed by atoms with E-state index in [-0.39, 0.29) is 5.13 Å². The molecule has 8 heteroatoms. The molecule has 102 valence electrons. The van der Waals surface area contributed by atoms with Gasteiger partial charge >= 0.3 is 6.18 Å². The van der Waals surface area contributed by atoms with Crippen molar-refractivity contribution in [3.63, 3.8) is 0 Å². The average molecular weight is 306 g/mol. The molecular weight excluding hydrogens is 297 g/mol. The maximum absolute atomic E-state index is 12.3. The van der Waals surface area contributed by atoms with E-state index in [1.54, 1.807) is 18.2 Å². The highest BCUT2D eigenvalue weighted by Crippen LogP contribution is 2.30. The molecule has 0 radical (unpaired) electrons. The normalized spacial score (nSPS) is 11.6. The Bertz CT molecular complexity index is 609. The molecule has 3 nitrogen and oxygen atoms in total. The Morgan fingerprint density at radius 3 is 2.84 bits per heavy atom. The van der Waals surface area contributed by atoms with Crippen LogP contribution in [0, 0.1) is 0 Å². The minimum atomic E-state index is -4.55. The van der Waals surface area contributed by atoms with E-state index >= 15 is 0 Å². The van der Waals surface area contributed by atoms with Gasteiger partial charge in [-0.2, -0.15) is 13.2 Å². The Labute approximate surface area is 116 Å². The van der Waals surface area contributed by atoms with E-state index in [2.05, 4.69) is 22.5 Å². The van der Waals surface area contributed by atoms with Crippen molar-refractivity contribution >= 4 is 43.9 Å². The summed E-state index contributed by atoms with van der Waals surface area (Å²) < 4.78 is 43.0. The molecule has 1 heterocycles. The van der Waals surface area contributed by atoms with E-state index < -0.39 is 11.2 Å². The van der Waals surface area contributed by atoms with E-state index in [0.29, 0.717) is 17.9 Å². The fourth-order valence-corrected chi connectivity index (χ4v) is 2.44. The lowest BCUT2D eigenvalue weighted by atomic mass is 10.3. The highest BCUT2D eigenvalue weighted by molar-refractivity contribution is 7.80. The number of halogens is 3. The third-order valence-corrected chi connectivity index (χ3v) is 3.42. The Kier molecular flexibility index (Phi) is 3.91. The average Bonchev–Trinajstić information content (AvgIpc) is 2.69. The Balaban J connectivity index is 2.24. The monoisotopic (exact) mass is 306 g/mol. The van der Waals surface area contributed by atoms with Crippen molar-refractivity contribution in [2.24, 2.45) is 0 Å². The Morgan fingerprint density at radius 2 is 2.21 bits per heavy atom. The van der Waals surface area contributed by atoms with Crippen molar-refractivity contribution in [2.45, 2.75) is 13.1 Å². The summed E-state index contributed by atoms with van der Waals surface area (Å²) in [5.41, 5.74) is 0.598. The van der Waals surface area contributed by atoms with E-state index in [9.17, 15) is 13.2 Å². The summed E-state index contributed by atoms with van der Waals surface area (Å²) in [5, 5.41) is 2.21. The number of thiazole rings is 1. The second kappa shape index (κ2) is 5.30. The summed E-state index contributed by atoms with van der Waals surface area (Å²) in [6, 6.07) is 5.15. The third kappa shape index (κ3) is 3.32. The summed E-state index contributed by atoms with van der Waals surface area (Å²) >= 11 is 5.34. The number of benzene rings is 1. The first kappa shape index (κ1) is 14.0. The van der Waals surface area contributed by atoms with E-state index in [4.69, 9.17) is 4.74 Å². The van der Waals surface area contributed by atoms with Crippen molar-refractivity contribution in [3.05, 3.63) is 18.2 Å². The van der Waals surface area contributed by atoms with Gasteiger partial charge in [0.25, 0.3) is 0 Å². The lowest BCUT2D eigenvalue weighted by molar-refractivity contribution is -0.0562. The molecule has 0 saturated carbocycles. The molecule has 0 spiro atoms. The first-order valence-electron chi connectivity index (χ1n) is 5.31. The van der Waals surface area contributed by atoms with Gasteiger partial charge in [-0.15, -0.1) is 0 Å². The number of thiocarbonyl (C=S) groups is 1. The molecule has 0 amide bonds. The molecule has 0 fully saturated rings. The summed E-state index contributed by atoms with van der Waals surface area (Å²) in [5.74, 6) is 0.656. The maximum Gasteiger partial charge on any atom is 0.441 e. The van der Waals surface area contributed by atoms with E-state index in [0.717, 1.165) is 16.0 Å². The zero-order valence-electron chi connectivity index (χ0n) is 9.75. The largest absolute Gasteiger partial charge is 0.494 e. The van der Waals surface area contributed by atoms with Crippen molar-refractivity contribution in [2.75, 3.05) is 11.9 Å². The standard InChI is InChI=1S/C11H9F3N2OS2/c1-2-17-6-3-4-7-8(5-6)19-10(15-7)16-9(18)11(12,13)14/h3-5H,2H2,1H3,(H,15,16,18). The minimum absolute atomic E-state index is 0.117. The topological polar surface area (TPSA) is 34.1 Å². The molecule has 0 unspecified atom stereocenters. The number of rotatable bonds is 3. The molecule has 0 aliphatic carbocycles. The summed E-state index contributed by atoms with van der Waals surface area (Å²) in [7, 11) is 0. The van der Waals surface area contributed by atoms with Crippen LogP contribution < -0.4 is 10.1 Å². The van der Waals surface area contributed by atoms with Crippen molar-refractivity contribution in [3.8, 4) is 5.75 Å². The molecule has 1 aromatic heterocycles. The van der Waals surface area contributed by atoms with Crippen LogP contribution in [0.5, 0.6) is 5.75 Å². The van der Waals surface area contributed by atoms with Gasteiger partial charge in [-0.25, -0.2) is 4.98 Å². The van der Waals surface area contributed by atoms with Gasteiger partial charge in [0.1, 0.15) is 5.75 Å². The quantitative estimate of drug-likeness (QED) is 0.869. The van der Waals surface area contributed by atoms with E-state index in [1.165, 1.54) is 0 Å². The van der Waals surface area contributed by atoms with Crippen molar-refractivity contribution in [1.29, 1.82) is 0 Å². The molecular formula is C11H9F3N2OS2. The van der Waals surface area contributed by atoms with Crippen molar-refractivity contribution in [1.82, 2.24) is 4.98 Å². The number of aromatic nitrogens is 1. The SMILES string of the molecule is CCOc1ccc2nc(NC(=S)C(F)(F)F)sc2c1. The molecule has 0 aliphatic rings. The zero-order valence-corrected chi connectivity index (χ0v) is 11.4. The first-order chi connectivity index (χ1) is 8.90. The smallest absolute Gasteiger partial charge is 0.441 e. The minimum Gasteiger partial charge on any atom is -0.494 e. The van der Waals surface area contributed by atoms with Crippen LogP contribution in [-0.2, 0) is 0 Å². The van der Waals surface area contributed by atoms with Gasteiger partial charge in [-0.1, -0.05) is 23.6 Å². The van der Waals surface area contributed by atoms with E-state index in [1.807, 2.05) is 6.92 Å². The summed E-state index contributed by atoms with van der Waals surface area (Å²) in [4.78, 5) is 2.83.